The fourth-order valence-electron chi connectivity index (χ4n) is 4.93. The topological polar surface area (TPSA) is 72.9 Å². The number of piperazine rings is 1. The van der Waals surface area contributed by atoms with Gasteiger partial charge in [-0.05, 0) is 38.5 Å². The van der Waals surface area contributed by atoms with Crippen LogP contribution in [0.25, 0.3) is 0 Å². The number of amides is 2. The third-order valence-corrected chi connectivity index (χ3v) is 6.66. The second-order valence-electron chi connectivity index (χ2n) is 7.91. The zero-order chi connectivity index (χ0) is 15.0. The van der Waals surface area contributed by atoms with E-state index in [0.717, 1.165) is 45.4 Å². The molecule has 3 saturated carbocycles. The Kier molecular flexibility index (Phi) is 2.37. The Balaban J connectivity index is 1.50. The first kappa shape index (κ1) is 13.4. The molecular weight excluding hydrogens is 270 g/mol. The Labute approximate surface area is 124 Å². The molecule has 5 rings (SSSR count). The van der Waals surface area contributed by atoms with Gasteiger partial charge in [0.15, 0.2) is 0 Å². The average molecular weight is 293 g/mol. The minimum atomic E-state index is -0.717. The molecule has 0 aromatic rings. The van der Waals surface area contributed by atoms with E-state index in [2.05, 4.69) is 5.32 Å². The van der Waals surface area contributed by atoms with Gasteiger partial charge < -0.3 is 20.2 Å². The summed E-state index contributed by atoms with van der Waals surface area (Å²) in [6.07, 6.45) is 2.58. The van der Waals surface area contributed by atoms with Crippen LogP contribution in [0.3, 0.4) is 0 Å². The highest BCUT2D eigenvalue weighted by Crippen LogP contribution is 2.76. The SMILES string of the molecule is CC(C)(C(=O)O)C12CC(N3CC4CNCCN4C3=O)(C1)C2. The lowest BCUT2D eigenvalue weighted by Crippen LogP contribution is -2.79. The molecule has 116 valence electrons. The number of hydrogen-bond acceptors (Lipinski definition) is 3. The second kappa shape index (κ2) is 3.72. The van der Waals surface area contributed by atoms with E-state index in [4.69, 9.17) is 0 Å². The summed E-state index contributed by atoms with van der Waals surface area (Å²) in [5.41, 5.74) is -0.826. The number of nitrogens with one attached hydrogen (secondary N) is 1. The van der Waals surface area contributed by atoms with Crippen LogP contribution < -0.4 is 5.32 Å². The van der Waals surface area contributed by atoms with Crippen LogP contribution >= 0.6 is 0 Å². The van der Waals surface area contributed by atoms with Gasteiger partial charge >= 0.3 is 12.0 Å². The van der Waals surface area contributed by atoms with Crippen LogP contribution in [0.2, 0.25) is 0 Å². The van der Waals surface area contributed by atoms with Crippen LogP contribution in [-0.4, -0.2) is 64.7 Å². The van der Waals surface area contributed by atoms with Crippen LogP contribution in [0.15, 0.2) is 0 Å². The first-order valence-corrected chi connectivity index (χ1v) is 7.84. The molecule has 0 aromatic carbocycles. The standard InChI is InChI=1S/C15H23N3O3/c1-13(2,11(19)20)14-7-15(8-14,9-14)18-6-10-5-16-3-4-17(10)12(18)21/h10,16H,3-9H2,1-2H3,(H,19,20). The summed E-state index contributed by atoms with van der Waals surface area (Å²) in [7, 11) is 0. The highest BCUT2D eigenvalue weighted by molar-refractivity contribution is 5.80. The molecule has 2 saturated heterocycles. The van der Waals surface area contributed by atoms with Gasteiger partial charge in [0.25, 0.3) is 0 Å². The number of carboxylic acid groups (broad SMARTS) is 1. The summed E-state index contributed by atoms with van der Waals surface area (Å²) in [5.74, 6) is -0.717. The molecule has 1 unspecified atom stereocenters. The summed E-state index contributed by atoms with van der Waals surface area (Å²) >= 11 is 0. The van der Waals surface area contributed by atoms with E-state index in [0.29, 0.717) is 6.04 Å². The van der Waals surface area contributed by atoms with Crippen molar-refractivity contribution in [2.24, 2.45) is 10.8 Å². The Morgan fingerprint density at radius 2 is 2.05 bits per heavy atom. The fraction of sp³-hybridized carbons (Fsp3) is 0.867. The smallest absolute Gasteiger partial charge is 0.320 e. The second-order valence-corrected chi connectivity index (χ2v) is 7.91. The molecular formula is C15H23N3O3. The van der Waals surface area contributed by atoms with Crippen molar-refractivity contribution < 1.29 is 14.7 Å². The molecule has 6 nitrogen and oxygen atoms in total. The Morgan fingerprint density at radius 3 is 2.62 bits per heavy atom. The van der Waals surface area contributed by atoms with Crippen LogP contribution in [-0.2, 0) is 4.79 Å². The summed E-state index contributed by atoms with van der Waals surface area (Å²) in [6.45, 7) is 7.01. The molecule has 2 bridgehead atoms. The third-order valence-electron chi connectivity index (χ3n) is 6.66. The predicted octanol–water partition coefficient (Wildman–Crippen LogP) is 0.729. The van der Waals surface area contributed by atoms with E-state index < -0.39 is 11.4 Å². The largest absolute Gasteiger partial charge is 0.481 e. The van der Waals surface area contributed by atoms with Crippen molar-refractivity contribution in [1.82, 2.24) is 15.1 Å². The molecule has 0 spiro atoms. The van der Waals surface area contributed by atoms with E-state index >= 15 is 0 Å². The van der Waals surface area contributed by atoms with Gasteiger partial charge in [0, 0.05) is 31.7 Å². The summed E-state index contributed by atoms with van der Waals surface area (Å²) in [6, 6.07) is 0.464. The minimum absolute atomic E-state index is 0.0405. The number of carbonyl (C=O) groups excluding carboxylic acids is 1. The monoisotopic (exact) mass is 293 g/mol. The van der Waals surface area contributed by atoms with Gasteiger partial charge in [0.05, 0.1) is 11.5 Å². The molecule has 2 N–H and O–H groups in total. The Hall–Kier alpha value is -1.30. The van der Waals surface area contributed by atoms with Crippen LogP contribution in [0, 0.1) is 10.8 Å². The maximum Gasteiger partial charge on any atom is 0.320 e. The van der Waals surface area contributed by atoms with E-state index in [1.807, 2.05) is 23.6 Å². The number of carboxylic acids is 1. The lowest BCUT2D eigenvalue weighted by molar-refractivity contribution is -0.256. The fourth-order valence-corrected chi connectivity index (χ4v) is 4.93. The Bertz CT molecular complexity index is 510. The van der Waals surface area contributed by atoms with E-state index in [1.165, 1.54) is 0 Å². The van der Waals surface area contributed by atoms with Gasteiger partial charge in [-0.15, -0.1) is 0 Å². The number of urea groups is 1. The predicted molar refractivity (Wildman–Crippen MR) is 75.9 cm³/mol. The van der Waals surface area contributed by atoms with Crippen LogP contribution in [0.5, 0.6) is 0 Å². The van der Waals surface area contributed by atoms with Crippen molar-refractivity contribution >= 4 is 12.0 Å². The highest BCUT2D eigenvalue weighted by Gasteiger charge is 2.77. The summed E-state index contributed by atoms with van der Waals surface area (Å²) < 4.78 is 0. The zero-order valence-corrected chi connectivity index (χ0v) is 12.7. The van der Waals surface area contributed by atoms with Gasteiger partial charge in [-0.2, -0.15) is 0 Å². The van der Waals surface area contributed by atoms with Crippen molar-refractivity contribution in [2.75, 3.05) is 26.2 Å². The van der Waals surface area contributed by atoms with Crippen molar-refractivity contribution in [3.63, 3.8) is 0 Å². The lowest BCUT2D eigenvalue weighted by atomic mass is 9.32. The van der Waals surface area contributed by atoms with E-state index in [9.17, 15) is 14.7 Å². The molecule has 2 aliphatic heterocycles. The molecule has 2 heterocycles. The third kappa shape index (κ3) is 1.42. The molecule has 3 aliphatic carbocycles. The number of fused-ring (bicyclic) bond motifs is 1. The van der Waals surface area contributed by atoms with Gasteiger partial charge in [0.1, 0.15) is 0 Å². The van der Waals surface area contributed by atoms with Crippen molar-refractivity contribution in [2.45, 2.75) is 44.7 Å². The summed E-state index contributed by atoms with van der Waals surface area (Å²) in [5, 5.41) is 12.8. The number of rotatable bonds is 3. The maximum absolute atomic E-state index is 12.6. The van der Waals surface area contributed by atoms with Gasteiger partial charge in [-0.25, -0.2) is 4.79 Å². The molecule has 0 radical (unpaired) electrons. The number of carbonyl (C=O) groups is 2. The van der Waals surface area contributed by atoms with Gasteiger partial charge in [0.2, 0.25) is 0 Å². The average Bonchev–Trinajstić information content (AvgIpc) is 2.64. The molecule has 2 amide bonds. The van der Waals surface area contributed by atoms with Crippen LogP contribution in [0.1, 0.15) is 33.1 Å². The molecule has 21 heavy (non-hydrogen) atoms. The number of hydrogen-bond donors (Lipinski definition) is 2. The van der Waals surface area contributed by atoms with Crippen molar-refractivity contribution in [3.05, 3.63) is 0 Å². The minimum Gasteiger partial charge on any atom is -0.481 e. The number of nitrogens with zero attached hydrogens (tertiary/aromatic N) is 2. The van der Waals surface area contributed by atoms with E-state index in [1.54, 1.807) is 0 Å². The van der Waals surface area contributed by atoms with Crippen molar-refractivity contribution in [1.29, 1.82) is 0 Å². The Morgan fingerprint density at radius 1 is 1.38 bits per heavy atom. The first-order valence-electron chi connectivity index (χ1n) is 7.84. The maximum atomic E-state index is 12.6. The van der Waals surface area contributed by atoms with Gasteiger partial charge in [-0.3, -0.25) is 4.79 Å². The zero-order valence-electron chi connectivity index (χ0n) is 12.7. The molecule has 5 fully saturated rings. The van der Waals surface area contributed by atoms with Crippen LogP contribution in [0.4, 0.5) is 4.79 Å². The first-order chi connectivity index (χ1) is 9.81. The lowest BCUT2D eigenvalue weighted by Gasteiger charge is -2.76. The normalized spacial score (nSPS) is 41.4. The quantitative estimate of drug-likeness (QED) is 0.804. The molecule has 6 heteroatoms. The molecule has 1 atom stereocenters. The highest BCUT2D eigenvalue weighted by atomic mass is 16.4. The van der Waals surface area contributed by atoms with E-state index in [-0.39, 0.29) is 17.0 Å². The number of aliphatic carboxylic acids is 1. The summed E-state index contributed by atoms with van der Waals surface area (Å²) in [4.78, 5) is 28.1. The van der Waals surface area contributed by atoms with Gasteiger partial charge in [-0.1, -0.05) is 0 Å². The van der Waals surface area contributed by atoms with Crippen molar-refractivity contribution in [3.8, 4) is 0 Å². The molecule has 0 aromatic heterocycles. The molecule has 5 aliphatic rings.